The van der Waals surface area contributed by atoms with Gasteiger partial charge in [0.25, 0.3) is 5.69 Å². The number of esters is 1. The fraction of sp³-hybridized carbons (Fsp3) is 0.0435. The zero-order chi connectivity index (χ0) is 21.1. The Hall–Kier alpha value is -4.26. The number of nitro benzene ring substituents is 1. The first-order valence-electron chi connectivity index (χ1n) is 9.10. The normalized spacial score (nSPS) is 11.1. The molecule has 0 aliphatic heterocycles. The highest BCUT2D eigenvalue weighted by Crippen LogP contribution is 2.27. The van der Waals surface area contributed by atoms with Crippen LogP contribution < -0.4 is 4.74 Å². The second-order valence-corrected chi connectivity index (χ2v) is 6.50. The largest absolute Gasteiger partial charge is 0.457 e. The summed E-state index contributed by atoms with van der Waals surface area (Å²) in [6.07, 6.45) is 3.57. The number of nitrogens with zero attached hydrogens (tertiary/aromatic N) is 2. The molecule has 0 saturated heterocycles. The number of carbonyl (C=O) groups excluding carboxylic acids is 1. The number of aromatic nitrogens is 1. The number of non-ortho nitro benzene ring substituents is 1. The summed E-state index contributed by atoms with van der Waals surface area (Å²) in [6.45, 7) is 1.35. The van der Waals surface area contributed by atoms with E-state index < -0.39 is 10.9 Å². The maximum atomic E-state index is 11.3. The van der Waals surface area contributed by atoms with Crippen molar-refractivity contribution in [2.24, 2.45) is 0 Å². The summed E-state index contributed by atoms with van der Waals surface area (Å²) in [5, 5.41) is 11.6. The molecule has 7 nitrogen and oxygen atoms in total. The first-order chi connectivity index (χ1) is 14.5. The number of pyridine rings is 1. The monoisotopic (exact) mass is 400 g/mol. The van der Waals surface area contributed by atoms with Crippen molar-refractivity contribution in [2.75, 3.05) is 0 Å². The Morgan fingerprint density at radius 3 is 2.57 bits per heavy atom. The van der Waals surface area contributed by atoms with Crippen LogP contribution in [0, 0.1) is 10.1 Å². The van der Waals surface area contributed by atoms with E-state index >= 15 is 0 Å². The number of hydrogen-bond donors (Lipinski definition) is 0. The van der Waals surface area contributed by atoms with E-state index in [1.807, 2.05) is 18.2 Å². The lowest BCUT2D eigenvalue weighted by atomic mass is 10.1. The number of para-hydroxylation sites is 1. The third kappa shape index (κ3) is 4.10. The molecule has 0 radical (unpaired) electrons. The third-order valence-electron chi connectivity index (χ3n) is 4.37. The van der Waals surface area contributed by atoms with Gasteiger partial charge in [-0.2, -0.15) is 0 Å². The van der Waals surface area contributed by atoms with Crippen molar-refractivity contribution in [3.8, 4) is 17.1 Å². The van der Waals surface area contributed by atoms with Crippen LogP contribution in [0.1, 0.15) is 18.4 Å². The van der Waals surface area contributed by atoms with Crippen LogP contribution in [0.5, 0.6) is 5.75 Å². The molecule has 148 valence electrons. The molecule has 4 aromatic rings. The fourth-order valence-corrected chi connectivity index (χ4v) is 2.98. The number of fused-ring (bicyclic) bond motifs is 1. The van der Waals surface area contributed by atoms with Gasteiger partial charge in [-0.1, -0.05) is 18.2 Å². The van der Waals surface area contributed by atoms with Crippen LogP contribution in [-0.4, -0.2) is 15.9 Å². The number of ether oxygens (including phenoxy) is 1. The van der Waals surface area contributed by atoms with Gasteiger partial charge < -0.3 is 9.15 Å². The van der Waals surface area contributed by atoms with E-state index in [0.717, 1.165) is 10.9 Å². The maximum absolute atomic E-state index is 11.3. The van der Waals surface area contributed by atoms with Crippen LogP contribution in [0.25, 0.3) is 34.4 Å². The highest BCUT2D eigenvalue weighted by Gasteiger charge is 2.09. The second kappa shape index (κ2) is 8.00. The van der Waals surface area contributed by atoms with Gasteiger partial charge in [0.05, 0.1) is 10.6 Å². The summed E-state index contributed by atoms with van der Waals surface area (Å²) in [4.78, 5) is 26.2. The number of rotatable bonds is 5. The van der Waals surface area contributed by atoms with Gasteiger partial charge >= 0.3 is 5.97 Å². The summed E-state index contributed by atoms with van der Waals surface area (Å²) in [5.41, 5.74) is 2.05. The van der Waals surface area contributed by atoms with E-state index in [0.29, 0.717) is 28.5 Å². The van der Waals surface area contributed by atoms with Crippen molar-refractivity contribution in [3.63, 3.8) is 0 Å². The van der Waals surface area contributed by atoms with Crippen molar-refractivity contribution in [1.29, 1.82) is 0 Å². The summed E-state index contributed by atoms with van der Waals surface area (Å²) in [6, 6.07) is 18.9. The summed E-state index contributed by atoms with van der Waals surface area (Å²) in [5.74, 6) is 1.22. The molecule has 30 heavy (non-hydrogen) atoms. The van der Waals surface area contributed by atoms with Crippen LogP contribution in [0.2, 0.25) is 0 Å². The van der Waals surface area contributed by atoms with E-state index in [2.05, 4.69) is 4.98 Å². The average molecular weight is 400 g/mol. The van der Waals surface area contributed by atoms with Gasteiger partial charge in [-0.3, -0.25) is 14.9 Å². The van der Waals surface area contributed by atoms with Gasteiger partial charge in [-0.15, -0.1) is 0 Å². The standard InChI is InChI=1S/C23H16N2O5/c1-15(26)29-22-4-2-3-17-5-8-18(24-23(17)22)9-12-20-13-14-21(30-20)16-6-10-19(11-7-16)25(27)28/h2-14H,1H3/b12-9+. The summed E-state index contributed by atoms with van der Waals surface area (Å²) < 4.78 is 11.0. The molecule has 2 aromatic heterocycles. The zero-order valence-corrected chi connectivity index (χ0v) is 15.9. The van der Waals surface area contributed by atoms with Crippen molar-refractivity contribution < 1.29 is 18.9 Å². The lowest BCUT2D eigenvalue weighted by Gasteiger charge is -2.05. The molecule has 0 spiro atoms. The van der Waals surface area contributed by atoms with Crippen LogP contribution >= 0.6 is 0 Å². The van der Waals surface area contributed by atoms with Gasteiger partial charge in [-0.25, -0.2) is 4.98 Å². The molecule has 0 fully saturated rings. The Kier molecular flexibility index (Phi) is 5.09. The number of benzene rings is 2. The molecule has 0 bridgehead atoms. The Balaban J connectivity index is 1.57. The lowest BCUT2D eigenvalue weighted by molar-refractivity contribution is -0.384. The first kappa shape index (κ1) is 19.1. The summed E-state index contributed by atoms with van der Waals surface area (Å²) in [7, 11) is 0. The molecule has 4 rings (SSSR count). The first-order valence-corrected chi connectivity index (χ1v) is 9.10. The molecule has 2 heterocycles. The Morgan fingerprint density at radius 1 is 1.03 bits per heavy atom. The molecule has 2 aromatic carbocycles. The van der Waals surface area contributed by atoms with Gasteiger partial charge in [-0.05, 0) is 48.6 Å². The lowest BCUT2D eigenvalue weighted by Crippen LogP contribution is -2.02. The van der Waals surface area contributed by atoms with Gasteiger partial charge in [0, 0.05) is 30.0 Å². The Labute approximate surface area is 171 Å². The maximum Gasteiger partial charge on any atom is 0.308 e. The quantitative estimate of drug-likeness (QED) is 0.190. The van der Waals surface area contributed by atoms with E-state index in [-0.39, 0.29) is 5.69 Å². The highest BCUT2D eigenvalue weighted by molar-refractivity contribution is 5.88. The average Bonchev–Trinajstić information content (AvgIpc) is 3.21. The van der Waals surface area contributed by atoms with Crippen LogP contribution in [-0.2, 0) is 4.79 Å². The van der Waals surface area contributed by atoms with Crippen molar-refractivity contribution >= 4 is 34.7 Å². The minimum absolute atomic E-state index is 0.0286. The molecule has 0 aliphatic rings. The highest BCUT2D eigenvalue weighted by atomic mass is 16.6. The number of nitro groups is 1. The fourth-order valence-electron chi connectivity index (χ4n) is 2.98. The minimum atomic E-state index is -0.441. The molecule has 0 atom stereocenters. The smallest absolute Gasteiger partial charge is 0.308 e. The predicted molar refractivity (Wildman–Crippen MR) is 113 cm³/mol. The van der Waals surface area contributed by atoms with Crippen molar-refractivity contribution in [1.82, 2.24) is 4.98 Å². The number of carbonyl (C=O) groups is 1. The van der Waals surface area contributed by atoms with Crippen molar-refractivity contribution in [3.05, 3.63) is 88.3 Å². The molecule has 0 aliphatic carbocycles. The van der Waals surface area contributed by atoms with E-state index in [1.54, 1.807) is 48.6 Å². The van der Waals surface area contributed by atoms with Crippen LogP contribution in [0.3, 0.4) is 0 Å². The Bertz CT molecular complexity index is 1270. The zero-order valence-electron chi connectivity index (χ0n) is 15.9. The van der Waals surface area contributed by atoms with E-state index in [4.69, 9.17) is 9.15 Å². The summed E-state index contributed by atoms with van der Waals surface area (Å²) >= 11 is 0. The molecular weight excluding hydrogens is 384 g/mol. The van der Waals surface area contributed by atoms with Crippen LogP contribution in [0.4, 0.5) is 5.69 Å². The molecule has 0 amide bonds. The van der Waals surface area contributed by atoms with Crippen LogP contribution in [0.15, 0.2) is 71.1 Å². The van der Waals surface area contributed by atoms with E-state index in [9.17, 15) is 14.9 Å². The van der Waals surface area contributed by atoms with E-state index in [1.165, 1.54) is 19.1 Å². The van der Waals surface area contributed by atoms with Crippen molar-refractivity contribution in [2.45, 2.75) is 6.92 Å². The SMILES string of the molecule is CC(=O)Oc1cccc2ccc(/C=C/c3ccc(-c4ccc([N+](=O)[O-])cc4)o3)nc12. The second-order valence-electron chi connectivity index (χ2n) is 6.50. The topological polar surface area (TPSA) is 95.5 Å². The van der Waals surface area contributed by atoms with Gasteiger partial charge in [0.2, 0.25) is 0 Å². The minimum Gasteiger partial charge on any atom is -0.457 e. The Morgan fingerprint density at radius 2 is 1.83 bits per heavy atom. The molecule has 7 heteroatoms. The molecule has 0 saturated carbocycles. The number of hydrogen-bond acceptors (Lipinski definition) is 6. The predicted octanol–water partition coefficient (Wildman–Crippen LogP) is 5.50. The van der Waals surface area contributed by atoms with Gasteiger partial charge in [0.15, 0.2) is 5.75 Å². The van der Waals surface area contributed by atoms with Gasteiger partial charge in [0.1, 0.15) is 17.0 Å². The molecular formula is C23H16N2O5. The molecule has 0 unspecified atom stereocenters. The number of furan rings is 1. The third-order valence-corrected chi connectivity index (χ3v) is 4.37. The molecule has 0 N–H and O–H groups in total.